The van der Waals surface area contributed by atoms with E-state index in [1.807, 2.05) is 45.9 Å². The molecule has 0 spiro atoms. The highest BCUT2D eigenvalue weighted by Gasteiger charge is 2.43. The molecular formula is C39H58N2O8SSi. The third-order valence-corrected chi connectivity index (χ3v) is 15.3. The molecule has 0 saturated heterocycles. The molecule has 0 N–H and O–H groups in total. The summed E-state index contributed by atoms with van der Waals surface area (Å²) < 4.78 is 37.8. The summed E-state index contributed by atoms with van der Waals surface area (Å²) in [6.45, 7) is 20.6. The lowest BCUT2D eigenvalue weighted by Crippen LogP contribution is -2.45. The summed E-state index contributed by atoms with van der Waals surface area (Å²) in [5, 5.41) is 0.716. The van der Waals surface area contributed by atoms with Crippen LogP contribution in [0.15, 0.2) is 24.3 Å². The van der Waals surface area contributed by atoms with Gasteiger partial charge in [-0.15, -0.1) is 11.3 Å². The molecule has 1 heterocycles. The summed E-state index contributed by atoms with van der Waals surface area (Å²) >= 11 is 1.47. The van der Waals surface area contributed by atoms with Gasteiger partial charge in [-0.1, -0.05) is 33.6 Å². The van der Waals surface area contributed by atoms with Crippen LogP contribution in [-0.2, 0) is 25.1 Å². The Labute approximate surface area is 309 Å². The molecular weight excluding hydrogens is 685 g/mol. The van der Waals surface area contributed by atoms with Crippen molar-refractivity contribution in [1.29, 1.82) is 0 Å². The SMILES string of the molecule is CCOC(=O)c1cc(N(C)C(=O)OC(C)(C)C)cc2sc(C[C@H](OC3CCCC3)[C@H](O[Si](C)(C)C(C)(C)C)c3cc(OC)c(C)c(OC)c3)nc12. The van der Waals surface area contributed by atoms with E-state index in [0.717, 1.165) is 46.5 Å². The first-order valence-corrected chi connectivity index (χ1v) is 21.6. The lowest BCUT2D eigenvalue weighted by molar-refractivity contribution is -0.0704. The van der Waals surface area contributed by atoms with Gasteiger partial charge in [0.15, 0.2) is 8.32 Å². The highest BCUT2D eigenvalue weighted by atomic mass is 32.1. The van der Waals surface area contributed by atoms with Gasteiger partial charge in [0, 0.05) is 24.7 Å². The molecule has 3 aromatic rings. The van der Waals surface area contributed by atoms with Crippen LogP contribution in [-0.4, -0.2) is 71.0 Å². The first kappa shape index (κ1) is 40.6. The van der Waals surface area contributed by atoms with Gasteiger partial charge in [-0.05, 0) is 95.4 Å². The van der Waals surface area contributed by atoms with Crippen molar-refractivity contribution in [3.05, 3.63) is 46.0 Å². The van der Waals surface area contributed by atoms with Gasteiger partial charge in [-0.25, -0.2) is 14.6 Å². The summed E-state index contributed by atoms with van der Waals surface area (Å²) in [5.41, 5.74) is 2.46. The van der Waals surface area contributed by atoms with Gasteiger partial charge in [0.25, 0.3) is 0 Å². The Bertz CT molecular complexity index is 1660. The zero-order valence-corrected chi connectivity index (χ0v) is 34.7. The zero-order valence-electron chi connectivity index (χ0n) is 32.9. The smallest absolute Gasteiger partial charge is 0.414 e. The number of aromatic nitrogens is 1. The van der Waals surface area contributed by atoms with Crippen molar-refractivity contribution >= 4 is 47.6 Å². The Kier molecular flexibility index (Phi) is 12.9. The van der Waals surface area contributed by atoms with Crippen LogP contribution in [0.25, 0.3) is 10.2 Å². The molecule has 1 saturated carbocycles. The van der Waals surface area contributed by atoms with Crippen LogP contribution in [0, 0.1) is 6.92 Å². The molecule has 282 valence electrons. The van der Waals surface area contributed by atoms with Crippen LogP contribution in [0.3, 0.4) is 0 Å². The van der Waals surface area contributed by atoms with Crippen molar-refractivity contribution in [3.8, 4) is 11.5 Å². The number of carbonyl (C=O) groups is 2. The minimum absolute atomic E-state index is 0.0665. The minimum Gasteiger partial charge on any atom is -0.496 e. The number of esters is 1. The summed E-state index contributed by atoms with van der Waals surface area (Å²) in [4.78, 5) is 32.8. The molecule has 4 rings (SSSR count). The summed E-state index contributed by atoms with van der Waals surface area (Å²) in [6.07, 6.45) is 3.34. The van der Waals surface area contributed by atoms with Gasteiger partial charge in [0.1, 0.15) is 17.1 Å². The van der Waals surface area contributed by atoms with Gasteiger partial charge in [0.2, 0.25) is 0 Å². The van der Waals surface area contributed by atoms with Crippen LogP contribution in [0.2, 0.25) is 18.1 Å². The lowest BCUT2D eigenvalue weighted by Gasteiger charge is -2.42. The van der Waals surface area contributed by atoms with Gasteiger partial charge in [-0.3, -0.25) is 4.90 Å². The van der Waals surface area contributed by atoms with E-state index in [-0.39, 0.29) is 23.3 Å². The number of ether oxygens (including phenoxy) is 5. The van der Waals surface area contributed by atoms with E-state index in [1.165, 1.54) is 16.2 Å². The number of benzene rings is 2. The van der Waals surface area contributed by atoms with E-state index in [0.29, 0.717) is 29.1 Å². The summed E-state index contributed by atoms with van der Waals surface area (Å²) in [5.74, 6) is 0.928. The molecule has 0 bridgehead atoms. The first-order valence-electron chi connectivity index (χ1n) is 17.9. The van der Waals surface area contributed by atoms with Gasteiger partial charge in [0.05, 0.1) is 59.9 Å². The Morgan fingerprint density at radius 2 is 1.61 bits per heavy atom. The first-order chi connectivity index (χ1) is 23.8. The topological polar surface area (TPSA) is 106 Å². The summed E-state index contributed by atoms with van der Waals surface area (Å²) in [7, 11) is 2.60. The third kappa shape index (κ3) is 9.82. The van der Waals surface area contributed by atoms with Crippen molar-refractivity contribution in [1.82, 2.24) is 4.98 Å². The average molecular weight is 743 g/mol. The fourth-order valence-corrected chi connectivity index (χ4v) is 8.28. The van der Waals surface area contributed by atoms with Crippen LogP contribution >= 0.6 is 11.3 Å². The molecule has 2 atom stereocenters. The standard InChI is InChI=1S/C39H58N2O8SSi/c1-14-46-36(42)28-21-26(41(9)37(43)48-38(3,4)5)22-32-34(28)40-33(50-32)23-31(47-27-17-15-16-18-27)35(49-51(12,13)39(6,7)8)25-19-29(44-10)24(2)30(20-25)45-11/h19-22,27,31,35H,14-18,23H2,1-13H3/t31-,35+/m0/s1. The number of anilines is 1. The second kappa shape index (κ2) is 16.2. The number of hydrogen-bond donors (Lipinski definition) is 0. The number of hydrogen-bond acceptors (Lipinski definition) is 10. The maximum Gasteiger partial charge on any atom is 0.414 e. The van der Waals surface area contributed by atoms with Crippen LogP contribution < -0.4 is 14.4 Å². The molecule has 2 aromatic carbocycles. The number of fused-ring (bicyclic) bond motifs is 1. The van der Waals surface area contributed by atoms with Crippen LogP contribution in [0.1, 0.15) is 107 Å². The maximum absolute atomic E-state index is 13.3. The van der Waals surface area contributed by atoms with E-state index in [9.17, 15) is 9.59 Å². The number of amides is 1. The van der Waals surface area contributed by atoms with Gasteiger partial charge in [-0.2, -0.15) is 0 Å². The molecule has 10 nitrogen and oxygen atoms in total. The Morgan fingerprint density at radius 1 is 1.00 bits per heavy atom. The zero-order chi connectivity index (χ0) is 37.9. The molecule has 0 aliphatic heterocycles. The van der Waals surface area contributed by atoms with E-state index in [2.05, 4.69) is 33.9 Å². The molecule has 0 unspecified atom stereocenters. The second-order valence-electron chi connectivity index (χ2n) is 15.8. The minimum atomic E-state index is -2.36. The summed E-state index contributed by atoms with van der Waals surface area (Å²) in [6, 6.07) is 7.59. The molecule has 1 aliphatic carbocycles. The monoisotopic (exact) mass is 742 g/mol. The van der Waals surface area contributed by atoms with Crippen molar-refractivity contribution in [2.75, 3.05) is 32.8 Å². The second-order valence-corrected chi connectivity index (χ2v) is 21.7. The number of thiazole rings is 1. The molecule has 1 aliphatic rings. The van der Waals surface area contributed by atoms with Crippen LogP contribution in [0.4, 0.5) is 10.5 Å². The van der Waals surface area contributed by atoms with Crippen molar-refractivity contribution < 1.29 is 37.7 Å². The maximum atomic E-state index is 13.3. The number of nitrogens with zero attached hydrogens (tertiary/aromatic N) is 2. The Balaban J connectivity index is 1.87. The third-order valence-electron chi connectivity index (χ3n) is 9.79. The highest BCUT2D eigenvalue weighted by molar-refractivity contribution is 7.18. The Hall–Kier alpha value is -3.19. The highest BCUT2D eigenvalue weighted by Crippen LogP contribution is 2.44. The molecule has 1 amide bonds. The van der Waals surface area contributed by atoms with E-state index in [4.69, 9.17) is 33.1 Å². The largest absolute Gasteiger partial charge is 0.496 e. The lowest BCUT2D eigenvalue weighted by atomic mass is 9.99. The fourth-order valence-electron chi connectivity index (χ4n) is 5.94. The molecule has 12 heteroatoms. The predicted molar refractivity (Wildman–Crippen MR) is 206 cm³/mol. The molecule has 51 heavy (non-hydrogen) atoms. The van der Waals surface area contributed by atoms with Crippen molar-refractivity contribution in [2.24, 2.45) is 0 Å². The molecule has 1 aromatic heterocycles. The van der Waals surface area contributed by atoms with Crippen molar-refractivity contribution in [2.45, 2.75) is 130 Å². The van der Waals surface area contributed by atoms with Crippen molar-refractivity contribution in [3.63, 3.8) is 0 Å². The van der Waals surface area contributed by atoms with E-state index >= 15 is 0 Å². The molecule has 1 fully saturated rings. The number of rotatable bonds is 13. The Morgan fingerprint density at radius 3 is 2.14 bits per heavy atom. The quantitative estimate of drug-likeness (QED) is 0.125. The fraction of sp³-hybridized carbons (Fsp3) is 0.615. The predicted octanol–water partition coefficient (Wildman–Crippen LogP) is 9.80. The number of methoxy groups -OCH3 is 2. The molecule has 0 radical (unpaired) electrons. The van der Waals surface area contributed by atoms with Gasteiger partial charge >= 0.3 is 12.1 Å². The normalized spacial score (nSPS) is 15.5. The van der Waals surface area contributed by atoms with E-state index in [1.54, 1.807) is 34.3 Å². The van der Waals surface area contributed by atoms with Gasteiger partial charge < -0.3 is 28.1 Å². The average Bonchev–Trinajstić information content (AvgIpc) is 3.71. The van der Waals surface area contributed by atoms with Crippen LogP contribution in [0.5, 0.6) is 11.5 Å². The number of carbonyl (C=O) groups excluding carboxylic acids is 2. The van der Waals surface area contributed by atoms with E-state index < -0.39 is 38.2 Å².